The minimum atomic E-state index is -4.32. The fourth-order valence-corrected chi connectivity index (χ4v) is 3.30. The Morgan fingerprint density at radius 2 is 1.96 bits per heavy atom. The quantitative estimate of drug-likeness (QED) is 0.787. The Morgan fingerprint density at radius 3 is 2.58 bits per heavy atom. The Balaban J connectivity index is 1.74. The number of likely N-dealkylation sites (tertiary alicyclic amines) is 1. The summed E-state index contributed by atoms with van der Waals surface area (Å²) in [6.07, 6.45) is -2.80. The Kier molecular flexibility index (Phi) is 5.62. The minimum Gasteiger partial charge on any atom is -0.305 e. The van der Waals surface area contributed by atoms with Crippen LogP contribution in [0.3, 0.4) is 0 Å². The molecule has 0 saturated carbocycles. The van der Waals surface area contributed by atoms with Crippen molar-refractivity contribution < 1.29 is 13.2 Å². The van der Waals surface area contributed by atoms with Crippen LogP contribution < -0.4 is 0 Å². The van der Waals surface area contributed by atoms with Crippen LogP contribution in [0.4, 0.5) is 13.2 Å². The summed E-state index contributed by atoms with van der Waals surface area (Å²) >= 11 is 0. The van der Waals surface area contributed by atoms with E-state index in [1.165, 1.54) is 0 Å². The summed E-state index contributed by atoms with van der Waals surface area (Å²) in [4.78, 5) is 8.86. The highest BCUT2D eigenvalue weighted by Gasteiger charge is 2.31. The Hall–Kier alpha value is -1.93. The van der Waals surface area contributed by atoms with Gasteiger partial charge in [-0.25, -0.2) is 9.67 Å². The number of likely N-dealkylation sites (N-methyl/N-ethyl adjacent to an activating group) is 2. The summed E-state index contributed by atoms with van der Waals surface area (Å²) in [5.41, 5.74) is 0.723. The van der Waals surface area contributed by atoms with Gasteiger partial charge in [0.25, 0.3) is 0 Å². The summed E-state index contributed by atoms with van der Waals surface area (Å²) in [5, 5.41) is 4.11. The van der Waals surface area contributed by atoms with Crippen molar-refractivity contribution in [3.05, 3.63) is 36.2 Å². The van der Waals surface area contributed by atoms with Gasteiger partial charge < -0.3 is 9.80 Å². The number of aromatic nitrogens is 3. The molecule has 0 spiro atoms. The first-order valence-corrected chi connectivity index (χ1v) is 8.76. The van der Waals surface area contributed by atoms with E-state index in [2.05, 4.69) is 26.9 Å². The lowest BCUT2D eigenvalue weighted by Crippen LogP contribution is -2.35. The molecule has 2 heterocycles. The lowest BCUT2D eigenvalue weighted by Gasteiger charge is -2.23. The second-order valence-electron chi connectivity index (χ2n) is 6.93. The lowest BCUT2D eigenvalue weighted by atomic mass is 10.2. The number of hydrogen-bond acceptors (Lipinski definition) is 4. The summed E-state index contributed by atoms with van der Waals surface area (Å²) in [6, 6.07) is 9.54. The van der Waals surface area contributed by atoms with Crippen LogP contribution in [0.1, 0.15) is 12.2 Å². The van der Waals surface area contributed by atoms with Gasteiger partial charge in [-0.2, -0.15) is 18.3 Å². The molecule has 142 valence electrons. The molecule has 1 aromatic carbocycles. The predicted molar refractivity (Wildman–Crippen MR) is 93.7 cm³/mol. The molecule has 1 unspecified atom stereocenters. The maximum Gasteiger partial charge on any atom is 0.408 e. The molecule has 1 saturated heterocycles. The molecule has 5 nitrogen and oxygen atoms in total. The fourth-order valence-electron chi connectivity index (χ4n) is 3.30. The maximum absolute atomic E-state index is 12.9. The predicted octanol–water partition coefficient (Wildman–Crippen LogP) is 2.69. The van der Waals surface area contributed by atoms with Gasteiger partial charge in [0, 0.05) is 31.1 Å². The molecule has 2 aromatic rings. The van der Waals surface area contributed by atoms with Gasteiger partial charge in [0.05, 0.1) is 0 Å². The van der Waals surface area contributed by atoms with Crippen LogP contribution in [0.25, 0.3) is 11.4 Å². The molecule has 1 fully saturated rings. The number of halogens is 3. The Labute approximate surface area is 151 Å². The molecule has 1 aromatic heterocycles. The van der Waals surface area contributed by atoms with Crippen molar-refractivity contribution >= 4 is 0 Å². The number of nitrogens with zero attached hydrogens (tertiary/aromatic N) is 5. The molecule has 1 aliphatic rings. The van der Waals surface area contributed by atoms with Gasteiger partial charge in [-0.3, -0.25) is 0 Å². The third-order valence-electron chi connectivity index (χ3n) is 4.79. The second-order valence-corrected chi connectivity index (χ2v) is 6.93. The topological polar surface area (TPSA) is 37.2 Å². The molecule has 26 heavy (non-hydrogen) atoms. The molecule has 0 amide bonds. The largest absolute Gasteiger partial charge is 0.408 e. The van der Waals surface area contributed by atoms with Gasteiger partial charge >= 0.3 is 6.18 Å². The smallest absolute Gasteiger partial charge is 0.305 e. The minimum absolute atomic E-state index is 0.341. The van der Waals surface area contributed by atoms with Crippen LogP contribution in [0.15, 0.2) is 30.3 Å². The van der Waals surface area contributed by atoms with E-state index < -0.39 is 12.7 Å². The lowest BCUT2D eigenvalue weighted by molar-refractivity contribution is -0.143. The third-order valence-corrected chi connectivity index (χ3v) is 4.79. The Morgan fingerprint density at radius 1 is 1.23 bits per heavy atom. The van der Waals surface area contributed by atoms with Crippen molar-refractivity contribution in [2.24, 2.45) is 0 Å². The zero-order valence-electron chi connectivity index (χ0n) is 15.1. The van der Waals surface area contributed by atoms with Gasteiger partial charge in [0.15, 0.2) is 5.82 Å². The van der Waals surface area contributed by atoms with Crippen molar-refractivity contribution in [3.63, 3.8) is 0 Å². The van der Waals surface area contributed by atoms with Gasteiger partial charge in [-0.15, -0.1) is 0 Å². The summed E-state index contributed by atoms with van der Waals surface area (Å²) in [5.74, 6) is 0.715. The number of rotatable bonds is 6. The first-order valence-electron chi connectivity index (χ1n) is 8.76. The van der Waals surface area contributed by atoms with Crippen molar-refractivity contribution in [1.29, 1.82) is 0 Å². The third kappa shape index (κ3) is 4.82. The molecule has 0 radical (unpaired) electrons. The van der Waals surface area contributed by atoms with E-state index in [-0.39, 0.29) is 0 Å². The molecule has 0 aliphatic carbocycles. The van der Waals surface area contributed by atoms with Crippen LogP contribution in [0.2, 0.25) is 0 Å². The highest BCUT2D eigenvalue weighted by molar-refractivity contribution is 5.54. The van der Waals surface area contributed by atoms with E-state index in [1.54, 1.807) is 12.1 Å². The molecule has 0 bridgehead atoms. The first kappa shape index (κ1) is 18.8. The molecular formula is C18H24F3N5. The van der Waals surface area contributed by atoms with Crippen LogP contribution in [-0.4, -0.2) is 70.5 Å². The monoisotopic (exact) mass is 367 g/mol. The van der Waals surface area contributed by atoms with E-state index in [0.29, 0.717) is 30.7 Å². The summed E-state index contributed by atoms with van der Waals surface area (Å²) < 4.78 is 39.7. The molecule has 8 heteroatoms. The SMILES string of the molecule is CN1CCC(N(C)CCc2nc(-c3ccccc3)nn2CC(F)(F)F)C1. The first-order chi connectivity index (χ1) is 12.3. The molecule has 0 N–H and O–H groups in total. The van der Waals surface area contributed by atoms with Gasteiger partial charge in [-0.05, 0) is 27.1 Å². The average Bonchev–Trinajstić information content (AvgIpc) is 3.18. The van der Waals surface area contributed by atoms with E-state index in [0.717, 1.165) is 29.8 Å². The molecular weight excluding hydrogens is 343 g/mol. The summed E-state index contributed by atoms with van der Waals surface area (Å²) in [7, 11) is 4.10. The number of alkyl halides is 3. The average molecular weight is 367 g/mol. The summed E-state index contributed by atoms with van der Waals surface area (Å²) in [6.45, 7) is 1.58. The van der Waals surface area contributed by atoms with Crippen LogP contribution in [0.5, 0.6) is 0 Å². The zero-order chi connectivity index (χ0) is 18.7. The second kappa shape index (κ2) is 7.75. The van der Waals surface area contributed by atoms with E-state index in [4.69, 9.17) is 0 Å². The van der Waals surface area contributed by atoms with Gasteiger partial charge in [0.2, 0.25) is 0 Å². The number of hydrogen-bond donors (Lipinski definition) is 0. The van der Waals surface area contributed by atoms with Crippen molar-refractivity contribution in [2.45, 2.75) is 31.6 Å². The normalized spacial score (nSPS) is 18.8. The van der Waals surface area contributed by atoms with E-state index in [1.807, 2.05) is 25.2 Å². The van der Waals surface area contributed by atoms with Crippen LogP contribution in [0, 0.1) is 0 Å². The van der Waals surface area contributed by atoms with Crippen LogP contribution in [-0.2, 0) is 13.0 Å². The molecule has 1 atom stereocenters. The van der Waals surface area contributed by atoms with Crippen molar-refractivity contribution in [2.75, 3.05) is 33.7 Å². The Bertz CT molecular complexity index is 713. The number of benzene rings is 1. The highest BCUT2D eigenvalue weighted by atomic mass is 19.4. The fraction of sp³-hybridized carbons (Fsp3) is 0.556. The van der Waals surface area contributed by atoms with Gasteiger partial charge in [-0.1, -0.05) is 30.3 Å². The van der Waals surface area contributed by atoms with E-state index in [9.17, 15) is 13.2 Å². The van der Waals surface area contributed by atoms with Crippen molar-refractivity contribution in [1.82, 2.24) is 24.6 Å². The highest BCUT2D eigenvalue weighted by Crippen LogP contribution is 2.21. The van der Waals surface area contributed by atoms with E-state index >= 15 is 0 Å². The van der Waals surface area contributed by atoms with Crippen molar-refractivity contribution in [3.8, 4) is 11.4 Å². The van der Waals surface area contributed by atoms with Gasteiger partial charge in [0.1, 0.15) is 12.4 Å². The molecule has 3 rings (SSSR count). The maximum atomic E-state index is 12.9. The standard InChI is InChI=1S/C18H24F3N5/c1-24-10-8-15(12-24)25(2)11-9-16-22-17(14-6-4-3-5-7-14)23-26(16)13-18(19,20)21/h3-7,15H,8-13H2,1-2H3. The zero-order valence-corrected chi connectivity index (χ0v) is 15.1. The molecule has 1 aliphatic heterocycles. The van der Waals surface area contributed by atoms with Crippen LogP contribution >= 0.6 is 0 Å².